The van der Waals surface area contributed by atoms with E-state index in [1.807, 2.05) is 11.7 Å². The van der Waals surface area contributed by atoms with Crippen molar-refractivity contribution in [2.75, 3.05) is 26.7 Å². The number of nitrogens with one attached hydrogen (secondary N) is 1. The second kappa shape index (κ2) is 5.13. The van der Waals surface area contributed by atoms with Gasteiger partial charge in [-0.2, -0.15) is 5.10 Å². The Bertz CT molecular complexity index is 457. The Labute approximate surface area is 114 Å². The van der Waals surface area contributed by atoms with Gasteiger partial charge in [-0.15, -0.1) is 0 Å². The van der Waals surface area contributed by atoms with Gasteiger partial charge in [-0.05, 0) is 38.8 Å². The molecule has 0 saturated carbocycles. The van der Waals surface area contributed by atoms with Crippen molar-refractivity contribution in [2.45, 2.75) is 32.4 Å². The highest BCUT2D eigenvalue weighted by Gasteiger charge is 2.33. The van der Waals surface area contributed by atoms with Crippen molar-refractivity contribution >= 4 is 0 Å². The van der Waals surface area contributed by atoms with Crippen LogP contribution in [0.25, 0.3) is 0 Å². The number of piperidine rings is 1. The lowest BCUT2D eigenvalue weighted by molar-refractivity contribution is 0.154. The summed E-state index contributed by atoms with van der Waals surface area (Å²) in [5, 5.41) is 8.08. The zero-order valence-corrected chi connectivity index (χ0v) is 12.1. The first-order chi connectivity index (χ1) is 9.19. The Morgan fingerprint density at radius 2 is 2.26 bits per heavy atom. The van der Waals surface area contributed by atoms with Crippen LogP contribution >= 0.6 is 0 Å². The molecule has 2 aliphatic heterocycles. The van der Waals surface area contributed by atoms with Gasteiger partial charge in [0, 0.05) is 26.2 Å². The van der Waals surface area contributed by atoms with Gasteiger partial charge in [-0.25, -0.2) is 4.68 Å². The van der Waals surface area contributed by atoms with Crippen molar-refractivity contribution in [1.82, 2.24) is 20.0 Å². The van der Waals surface area contributed by atoms with Crippen molar-refractivity contribution in [3.63, 3.8) is 0 Å². The second-order valence-corrected chi connectivity index (χ2v) is 5.83. The molecule has 2 aliphatic rings. The van der Waals surface area contributed by atoms with Gasteiger partial charge in [0.15, 0.2) is 0 Å². The summed E-state index contributed by atoms with van der Waals surface area (Å²) in [6.07, 6.45) is 2.59. The first-order valence-electron chi connectivity index (χ1n) is 7.21. The molecule has 5 heteroatoms. The molecule has 3 rings (SSSR count). The predicted octanol–water partition coefficient (Wildman–Crippen LogP) is 0.921. The van der Waals surface area contributed by atoms with Crippen LogP contribution in [-0.4, -0.2) is 47.5 Å². The molecule has 3 heterocycles. The number of fused-ring (bicyclic) bond motifs is 1. The average Bonchev–Trinajstić information content (AvgIpc) is 2.94. The lowest BCUT2D eigenvalue weighted by Gasteiger charge is -2.34. The van der Waals surface area contributed by atoms with E-state index in [4.69, 9.17) is 4.74 Å². The number of hydrogen-bond acceptors (Lipinski definition) is 4. The Kier molecular flexibility index (Phi) is 3.50. The van der Waals surface area contributed by atoms with Gasteiger partial charge in [0.05, 0.1) is 18.4 Å². The fourth-order valence-electron chi connectivity index (χ4n) is 3.61. The molecule has 0 spiro atoms. The van der Waals surface area contributed by atoms with E-state index in [0.717, 1.165) is 30.1 Å². The van der Waals surface area contributed by atoms with Crippen molar-refractivity contribution in [2.24, 2.45) is 13.0 Å². The van der Waals surface area contributed by atoms with Gasteiger partial charge in [0.25, 0.3) is 0 Å². The molecular formula is C14H24N4O. The van der Waals surface area contributed by atoms with Crippen LogP contribution in [0.5, 0.6) is 5.88 Å². The fraction of sp³-hybridized carbons (Fsp3) is 0.786. The molecule has 2 fully saturated rings. The number of likely N-dealkylation sites (tertiary alicyclic amines) is 1. The maximum Gasteiger partial charge on any atom is 0.216 e. The Balaban J connectivity index is 1.71. The Hall–Kier alpha value is -1.07. The minimum absolute atomic E-state index is 0.758. The quantitative estimate of drug-likeness (QED) is 0.881. The molecule has 5 nitrogen and oxygen atoms in total. The SMILES string of the molecule is COc1c(CN2CCC3NCCC3C2)c(C)nn1C. The molecule has 0 bridgehead atoms. The first-order valence-corrected chi connectivity index (χ1v) is 7.21. The molecule has 0 aromatic carbocycles. The van der Waals surface area contributed by atoms with Crippen LogP contribution in [0.3, 0.4) is 0 Å². The number of hydrogen-bond donors (Lipinski definition) is 1. The highest BCUT2D eigenvalue weighted by atomic mass is 16.5. The van der Waals surface area contributed by atoms with E-state index >= 15 is 0 Å². The predicted molar refractivity (Wildman–Crippen MR) is 74.3 cm³/mol. The van der Waals surface area contributed by atoms with Crippen LogP contribution in [0.4, 0.5) is 0 Å². The monoisotopic (exact) mass is 264 g/mol. The van der Waals surface area contributed by atoms with Crippen LogP contribution < -0.4 is 10.1 Å². The van der Waals surface area contributed by atoms with Gasteiger partial charge >= 0.3 is 0 Å². The van der Waals surface area contributed by atoms with E-state index in [9.17, 15) is 0 Å². The normalized spacial score (nSPS) is 27.5. The molecule has 1 aromatic heterocycles. The molecule has 1 N–H and O–H groups in total. The molecule has 2 unspecified atom stereocenters. The summed E-state index contributed by atoms with van der Waals surface area (Å²) in [6.45, 7) is 6.60. The topological polar surface area (TPSA) is 42.3 Å². The fourth-order valence-corrected chi connectivity index (χ4v) is 3.61. The number of aryl methyl sites for hydroxylation is 2. The summed E-state index contributed by atoms with van der Waals surface area (Å²) in [5.41, 5.74) is 2.33. The van der Waals surface area contributed by atoms with Gasteiger partial charge < -0.3 is 10.1 Å². The molecule has 1 aromatic rings. The van der Waals surface area contributed by atoms with E-state index in [1.165, 1.54) is 38.0 Å². The summed E-state index contributed by atoms with van der Waals surface area (Å²) < 4.78 is 7.33. The third-order valence-electron chi connectivity index (χ3n) is 4.60. The molecule has 19 heavy (non-hydrogen) atoms. The van der Waals surface area contributed by atoms with Crippen LogP contribution in [-0.2, 0) is 13.6 Å². The lowest BCUT2D eigenvalue weighted by atomic mass is 9.93. The molecule has 2 atom stereocenters. The van der Waals surface area contributed by atoms with Crippen molar-refractivity contribution in [3.05, 3.63) is 11.3 Å². The van der Waals surface area contributed by atoms with Gasteiger partial charge in [-0.3, -0.25) is 4.90 Å². The van der Waals surface area contributed by atoms with Crippen LogP contribution in [0, 0.1) is 12.8 Å². The van der Waals surface area contributed by atoms with Crippen molar-refractivity contribution in [3.8, 4) is 5.88 Å². The number of aromatic nitrogens is 2. The highest BCUT2D eigenvalue weighted by molar-refractivity contribution is 5.30. The third-order valence-corrected chi connectivity index (χ3v) is 4.60. The van der Waals surface area contributed by atoms with E-state index in [0.29, 0.717) is 0 Å². The van der Waals surface area contributed by atoms with E-state index in [1.54, 1.807) is 7.11 Å². The van der Waals surface area contributed by atoms with Gasteiger partial charge in [0.2, 0.25) is 5.88 Å². The summed E-state index contributed by atoms with van der Waals surface area (Å²) in [5.74, 6) is 1.74. The molecule has 106 valence electrons. The summed E-state index contributed by atoms with van der Waals surface area (Å²) in [6, 6.07) is 0.758. The average molecular weight is 264 g/mol. The number of nitrogens with zero attached hydrogens (tertiary/aromatic N) is 3. The zero-order chi connectivity index (χ0) is 13.4. The Morgan fingerprint density at radius 1 is 1.42 bits per heavy atom. The highest BCUT2D eigenvalue weighted by Crippen LogP contribution is 2.28. The molecule has 0 radical (unpaired) electrons. The smallest absolute Gasteiger partial charge is 0.216 e. The standard InChI is InChI=1S/C14H24N4O/c1-10-12(14(19-3)17(2)16-10)9-18-7-5-13-11(8-18)4-6-15-13/h11,13,15H,4-9H2,1-3H3. The minimum Gasteiger partial charge on any atom is -0.481 e. The maximum atomic E-state index is 5.49. The Morgan fingerprint density at radius 3 is 3.05 bits per heavy atom. The van der Waals surface area contributed by atoms with Crippen molar-refractivity contribution < 1.29 is 4.74 Å². The zero-order valence-electron chi connectivity index (χ0n) is 12.1. The van der Waals surface area contributed by atoms with Crippen LogP contribution in [0.1, 0.15) is 24.1 Å². The molecule has 0 aliphatic carbocycles. The summed E-state index contributed by atoms with van der Waals surface area (Å²) in [7, 11) is 3.68. The molecule has 0 amide bonds. The third kappa shape index (κ3) is 2.37. The number of rotatable bonds is 3. The number of methoxy groups -OCH3 is 1. The van der Waals surface area contributed by atoms with Gasteiger partial charge in [0.1, 0.15) is 0 Å². The molecule has 2 saturated heterocycles. The van der Waals surface area contributed by atoms with Crippen LogP contribution in [0.15, 0.2) is 0 Å². The van der Waals surface area contributed by atoms with Gasteiger partial charge in [-0.1, -0.05) is 0 Å². The largest absolute Gasteiger partial charge is 0.481 e. The first kappa shape index (κ1) is 12.9. The van der Waals surface area contributed by atoms with E-state index < -0.39 is 0 Å². The lowest BCUT2D eigenvalue weighted by Crippen LogP contribution is -2.44. The van der Waals surface area contributed by atoms with Crippen molar-refractivity contribution in [1.29, 1.82) is 0 Å². The summed E-state index contributed by atoms with van der Waals surface area (Å²) >= 11 is 0. The van der Waals surface area contributed by atoms with Crippen LogP contribution in [0.2, 0.25) is 0 Å². The second-order valence-electron chi connectivity index (χ2n) is 5.83. The van der Waals surface area contributed by atoms with E-state index in [-0.39, 0.29) is 0 Å². The van der Waals surface area contributed by atoms with E-state index in [2.05, 4.69) is 22.2 Å². The maximum absolute atomic E-state index is 5.49. The number of ether oxygens (including phenoxy) is 1. The summed E-state index contributed by atoms with van der Waals surface area (Å²) in [4.78, 5) is 2.56. The minimum atomic E-state index is 0.758. The molecular weight excluding hydrogens is 240 g/mol.